The van der Waals surface area contributed by atoms with Crippen LogP contribution in [0.15, 0.2) is 29.4 Å². The molecule has 0 bridgehead atoms. The summed E-state index contributed by atoms with van der Waals surface area (Å²) >= 11 is 7.55. The molecule has 23 heavy (non-hydrogen) atoms. The maximum Gasteiger partial charge on any atom is 0.314 e. The van der Waals surface area contributed by atoms with Crippen LogP contribution in [0.4, 0.5) is 0 Å². The van der Waals surface area contributed by atoms with E-state index in [-0.39, 0.29) is 5.97 Å². The molecule has 0 aliphatic rings. The molecule has 0 fully saturated rings. The Labute approximate surface area is 143 Å². The molecule has 0 spiro atoms. The summed E-state index contributed by atoms with van der Waals surface area (Å²) < 4.78 is 5.86. The summed E-state index contributed by atoms with van der Waals surface area (Å²) in [5, 5.41) is 5.23. The molecule has 0 aliphatic carbocycles. The molecule has 0 saturated heterocycles. The molecule has 0 aliphatic heterocycles. The van der Waals surface area contributed by atoms with Gasteiger partial charge in [-0.2, -0.15) is 5.10 Å². The number of thiophene rings is 1. The van der Waals surface area contributed by atoms with Crippen LogP contribution in [-0.2, 0) is 9.53 Å². The number of esters is 1. The summed E-state index contributed by atoms with van der Waals surface area (Å²) in [5.74, 6) is -1.29. The maximum absolute atomic E-state index is 12.2. The fourth-order valence-electron chi connectivity index (χ4n) is 1.88. The van der Waals surface area contributed by atoms with E-state index in [4.69, 9.17) is 16.3 Å². The third-order valence-electron chi connectivity index (χ3n) is 3.34. The summed E-state index contributed by atoms with van der Waals surface area (Å²) in [4.78, 5) is 24.3. The van der Waals surface area contributed by atoms with E-state index >= 15 is 0 Å². The van der Waals surface area contributed by atoms with E-state index in [0.29, 0.717) is 22.2 Å². The number of nitrogens with zero attached hydrogens (tertiary/aromatic N) is 1. The third kappa shape index (κ3) is 3.89. The maximum atomic E-state index is 12.2. The van der Waals surface area contributed by atoms with Gasteiger partial charge in [0.2, 0.25) is 0 Å². The molecule has 1 amide bonds. The van der Waals surface area contributed by atoms with Gasteiger partial charge in [-0.3, -0.25) is 9.59 Å². The lowest BCUT2D eigenvalue weighted by Crippen LogP contribution is -2.25. The molecule has 5 nitrogen and oxygen atoms in total. The topological polar surface area (TPSA) is 67.8 Å². The van der Waals surface area contributed by atoms with Crippen molar-refractivity contribution in [3.8, 4) is 0 Å². The van der Waals surface area contributed by atoms with E-state index in [2.05, 4.69) is 10.5 Å². The Balaban J connectivity index is 2.13. The van der Waals surface area contributed by atoms with Crippen LogP contribution in [0.3, 0.4) is 0 Å². The van der Waals surface area contributed by atoms with Crippen molar-refractivity contribution in [1.82, 2.24) is 5.43 Å². The first kappa shape index (κ1) is 17.4. The van der Waals surface area contributed by atoms with Gasteiger partial charge in [0.05, 0.1) is 17.5 Å². The molecule has 7 heteroatoms. The van der Waals surface area contributed by atoms with Crippen LogP contribution < -0.4 is 5.43 Å². The second-order valence-electron chi connectivity index (χ2n) is 4.91. The lowest BCUT2D eigenvalue weighted by molar-refractivity contribution is -0.145. The van der Waals surface area contributed by atoms with Gasteiger partial charge in [-0.05, 0) is 26.8 Å². The average Bonchev–Trinajstić information content (AvgIpc) is 2.89. The van der Waals surface area contributed by atoms with E-state index in [1.54, 1.807) is 20.8 Å². The van der Waals surface area contributed by atoms with Crippen molar-refractivity contribution >= 4 is 50.6 Å². The van der Waals surface area contributed by atoms with Crippen molar-refractivity contribution in [1.29, 1.82) is 0 Å². The zero-order chi connectivity index (χ0) is 17.0. The minimum absolute atomic E-state index is 0.306. The van der Waals surface area contributed by atoms with Gasteiger partial charge in [0.25, 0.3) is 5.91 Å². The van der Waals surface area contributed by atoms with Gasteiger partial charge < -0.3 is 4.74 Å². The molecule has 1 aromatic heterocycles. The number of hydrazone groups is 1. The number of fused-ring (bicyclic) bond motifs is 1. The van der Waals surface area contributed by atoms with E-state index in [9.17, 15) is 9.59 Å². The van der Waals surface area contributed by atoms with Gasteiger partial charge in [0.1, 0.15) is 4.88 Å². The van der Waals surface area contributed by atoms with E-state index in [1.807, 2.05) is 24.3 Å². The van der Waals surface area contributed by atoms with Crippen molar-refractivity contribution < 1.29 is 14.3 Å². The van der Waals surface area contributed by atoms with Gasteiger partial charge in [-0.25, -0.2) is 5.43 Å². The average molecular weight is 353 g/mol. The third-order valence-corrected chi connectivity index (χ3v) is 5.02. The molecule has 2 rings (SSSR count). The smallest absolute Gasteiger partial charge is 0.314 e. The van der Waals surface area contributed by atoms with Crippen LogP contribution >= 0.6 is 22.9 Å². The summed E-state index contributed by atoms with van der Waals surface area (Å²) in [6.45, 7) is 5.38. The number of halogens is 1. The molecule has 1 N–H and O–H groups in total. The molecular weight excluding hydrogens is 336 g/mol. The fraction of sp³-hybridized carbons (Fsp3) is 0.312. The molecule has 0 radical (unpaired) electrons. The van der Waals surface area contributed by atoms with E-state index in [1.165, 1.54) is 11.3 Å². The highest BCUT2D eigenvalue weighted by Crippen LogP contribution is 2.34. The second kappa shape index (κ2) is 7.57. The van der Waals surface area contributed by atoms with Crippen LogP contribution in [0.2, 0.25) is 5.02 Å². The highest BCUT2D eigenvalue weighted by molar-refractivity contribution is 7.21. The van der Waals surface area contributed by atoms with Crippen molar-refractivity contribution in [2.75, 3.05) is 6.61 Å². The summed E-state index contributed by atoms with van der Waals surface area (Å²) in [6, 6.07) is 7.52. The number of amides is 1. The Morgan fingerprint density at radius 2 is 2.09 bits per heavy atom. The number of carbonyl (C=O) groups is 2. The molecule has 2 aromatic rings. The minimum atomic E-state index is -0.520. The number of carbonyl (C=O) groups excluding carboxylic acids is 2. The number of benzene rings is 1. The zero-order valence-corrected chi connectivity index (χ0v) is 14.6. The van der Waals surface area contributed by atoms with Crippen LogP contribution in [0.1, 0.15) is 30.4 Å². The van der Waals surface area contributed by atoms with Gasteiger partial charge in [0.15, 0.2) is 0 Å². The van der Waals surface area contributed by atoms with E-state index in [0.717, 1.165) is 10.1 Å². The predicted octanol–water partition coefficient (Wildman–Crippen LogP) is 3.86. The van der Waals surface area contributed by atoms with Crippen LogP contribution in [-0.4, -0.2) is 24.2 Å². The highest BCUT2D eigenvalue weighted by atomic mass is 35.5. The molecule has 0 saturated carbocycles. The lowest BCUT2D eigenvalue weighted by atomic mass is 10.1. The summed E-state index contributed by atoms with van der Waals surface area (Å²) in [7, 11) is 0. The number of hydrogen-bond acceptors (Lipinski definition) is 5. The largest absolute Gasteiger partial charge is 0.465 e. The van der Waals surface area contributed by atoms with Crippen molar-refractivity contribution in [3.63, 3.8) is 0 Å². The molecule has 1 atom stereocenters. The normalized spacial score (nSPS) is 13.0. The second-order valence-corrected chi connectivity index (χ2v) is 6.34. The van der Waals surface area contributed by atoms with Gasteiger partial charge in [0, 0.05) is 15.8 Å². The SMILES string of the molecule is CCOC(=O)[C@H](C)/C(C)=N/NC(=O)c1sc2ccccc2c1Cl. The quantitative estimate of drug-likeness (QED) is 0.504. The Bertz CT molecular complexity index is 770. The number of nitrogens with one attached hydrogen (secondary N) is 1. The van der Waals surface area contributed by atoms with Crippen LogP contribution in [0, 0.1) is 5.92 Å². The predicted molar refractivity (Wildman–Crippen MR) is 93.2 cm³/mol. The summed E-state index contributed by atoms with van der Waals surface area (Å²) in [6.07, 6.45) is 0. The van der Waals surface area contributed by atoms with Gasteiger partial charge in [-0.1, -0.05) is 29.8 Å². The van der Waals surface area contributed by atoms with E-state index < -0.39 is 11.8 Å². The zero-order valence-electron chi connectivity index (χ0n) is 13.1. The molecule has 122 valence electrons. The van der Waals surface area contributed by atoms with Crippen molar-refractivity contribution in [2.24, 2.45) is 11.0 Å². The Morgan fingerprint density at radius 1 is 1.39 bits per heavy atom. The lowest BCUT2D eigenvalue weighted by Gasteiger charge is -2.09. The first-order valence-corrected chi connectivity index (χ1v) is 8.33. The van der Waals surface area contributed by atoms with Gasteiger partial charge in [-0.15, -0.1) is 11.3 Å². The number of ether oxygens (including phenoxy) is 1. The van der Waals surface area contributed by atoms with Crippen molar-refractivity contribution in [3.05, 3.63) is 34.2 Å². The van der Waals surface area contributed by atoms with Crippen LogP contribution in [0.5, 0.6) is 0 Å². The monoisotopic (exact) mass is 352 g/mol. The molecule has 1 aromatic carbocycles. The Hall–Kier alpha value is -1.92. The fourth-order valence-corrected chi connectivity index (χ4v) is 3.29. The number of hydrogen-bond donors (Lipinski definition) is 1. The number of rotatable bonds is 5. The standard InChI is InChI=1S/C16H17ClN2O3S/c1-4-22-16(21)9(2)10(3)18-19-15(20)14-13(17)11-7-5-6-8-12(11)23-14/h5-9H,4H2,1-3H3,(H,19,20)/b18-10+/t9-/m1/s1. The minimum Gasteiger partial charge on any atom is -0.465 e. The summed E-state index contributed by atoms with van der Waals surface area (Å²) in [5.41, 5.74) is 2.91. The molecular formula is C16H17ClN2O3S. The Kier molecular flexibility index (Phi) is 5.74. The van der Waals surface area contributed by atoms with Crippen LogP contribution in [0.25, 0.3) is 10.1 Å². The van der Waals surface area contributed by atoms with Crippen molar-refractivity contribution in [2.45, 2.75) is 20.8 Å². The molecule has 1 heterocycles. The highest BCUT2D eigenvalue weighted by Gasteiger charge is 2.19. The Morgan fingerprint density at radius 3 is 2.74 bits per heavy atom. The molecule has 0 unspecified atom stereocenters. The van der Waals surface area contributed by atoms with Gasteiger partial charge >= 0.3 is 5.97 Å². The first-order valence-electron chi connectivity index (χ1n) is 7.13. The first-order chi connectivity index (χ1) is 11.0.